The van der Waals surface area contributed by atoms with Crippen molar-refractivity contribution in [2.24, 2.45) is 40.4 Å². The smallest absolute Gasteiger partial charge is 0.169 e. The standard InChI is InChI=1S/C25H40O5/c1-22-8-9-25(29-12-13-30-25)14-16(22)4-5-17-18-6-7-20(24(3)27-10-11-28-24)23(18,2)15-19(26)21(17)22/h16-21,26H,4-15H2,1-3H3/t16-,17+,18-,19-,20-,21+,22+,23+/m1/s1. The Labute approximate surface area is 181 Å². The van der Waals surface area contributed by atoms with E-state index in [9.17, 15) is 5.11 Å². The summed E-state index contributed by atoms with van der Waals surface area (Å²) in [7, 11) is 0. The van der Waals surface area contributed by atoms with Gasteiger partial charge in [0.25, 0.3) is 0 Å². The molecule has 0 aromatic heterocycles. The lowest BCUT2D eigenvalue weighted by Gasteiger charge is -2.63. The van der Waals surface area contributed by atoms with Crippen LogP contribution in [0.25, 0.3) is 0 Å². The molecule has 5 nitrogen and oxygen atoms in total. The number of aliphatic hydroxyl groups is 1. The van der Waals surface area contributed by atoms with Crippen LogP contribution in [-0.4, -0.2) is 49.2 Å². The van der Waals surface area contributed by atoms with Gasteiger partial charge >= 0.3 is 0 Å². The summed E-state index contributed by atoms with van der Waals surface area (Å²) in [6.45, 7) is 9.96. The van der Waals surface area contributed by atoms with Crippen molar-refractivity contribution in [3.63, 3.8) is 0 Å². The van der Waals surface area contributed by atoms with Crippen LogP contribution in [0.4, 0.5) is 0 Å². The van der Waals surface area contributed by atoms with Gasteiger partial charge in [0.05, 0.1) is 32.5 Å². The Balaban J connectivity index is 1.28. The molecule has 6 rings (SSSR count). The second-order valence-corrected chi connectivity index (χ2v) is 12.0. The van der Waals surface area contributed by atoms with Crippen molar-refractivity contribution in [1.29, 1.82) is 0 Å². The molecule has 5 heteroatoms. The van der Waals surface area contributed by atoms with Crippen LogP contribution in [0.3, 0.4) is 0 Å². The molecule has 8 atom stereocenters. The fraction of sp³-hybridized carbons (Fsp3) is 1.00. The minimum Gasteiger partial charge on any atom is -0.393 e. The third kappa shape index (κ3) is 2.65. The minimum absolute atomic E-state index is 0.108. The van der Waals surface area contributed by atoms with E-state index in [1.807, 2.05) is 0 Å². The van der Waals surface area contributed by atoms with Gasteiger partial charge in [0, 0.05) is 18.8 Å². The second-order valence-electron chi connectivity index (χ2n) is 12.0. The lowest BCUT2D eigenvalue weighted by atomic mass is 9.43. The quantitative estimate of drug-likeness (QED) is 0.691. The topological polar surface area (TPSA) is 57.2 Å². The number of fused-ring (bicyclic) bond motifs is 5. The SMILES string of the molecule is CC1([C@@H]2CC[C@@H]3[C@@H]4CC[C@@H]5CC6(CC[C@]5(C)[C@@H]4[C@H](O)C[C@@]32C)OCCO6)OCCO1. The molecule has 0 amide bonds. The molecular formula is C25H40O5. The lowest BCUT2D eigenvalue weighted by Crippen LogP contribution is -2.61. The summed E-state index contributed by atoms with van der Waals surface area (Å²) < 4.78 is 24.5. The van der Waals surface area contributed by atoms with E-state index in [1.54, 1.807) is 0 Å². The van der Waals surface area contributed by atoms with Crippen molar-refractivity contribution in [1.82, 2.24) is 0 Å². The monoisotopic (exact) mass is 420 g/mol. The van der Waals surface area contributed by atoms with Crippen LogP contribution in [0.1, 0.15) is 72.1 Å². The average Bonchev–Trinajstić information content (AvgIpc) is 3.41. The summed E-state index contributed by atoms with van der Waals surface area (Å²) in [5.74, 6) is 1.89. The number of hydrogen-bond acceptors (Lipinski definition) is 5. The molecule has 30 heavy (non-hydrogen) atoms. The Hall–Kier alpha value is -0.200. The van der Waals surface area contributed by atoms with Gasteiger partial charge in [-0.25, -0.2) is 0 Å². The molecule has 2 saturated heterocycles. The predicted octanol–water partition coefficient (Wildman–Crippen LogP) is 4.12. The largest absolute Gasteiger partial charge is 0.393 e. The van der Waals surface area contributed by atoms with E-state index in [4.69, 9.17) is 18.9 Å². The van der Waals surface area contributed by atoms with Gasteiger partial charge < -0.3 is 24.1 Å². The van der Waals surface area contributed by atoms with Crippen molar-refractivity contribution in [2.45, 2.75) is 89.8 Å². The van der Waals surface area contributed by atoms with Crippen molar-refractivity contribution in [2.75, 3.05) is 26.4 Å². The van der Waals surface area contributed by atoms with Gasteiger partial charge in [-0.2, -0.15) is 0 Å². The maximum atomic E-state index is 11.7. The Morgan fingerprint density at radius 1 is 0.733 bits per heavy atom. The van der Waals surface area contributed by atoms with Gasteiger partial charge in [0.15, 0.2) is 11.6 Å². The highest BCUT2D eigenvalue weighted by Gasteiger charge is 2.67. The molecule has 2 aliphatic heterocycles. The first-order chi connectivity index (χ1) is 14.3. The summed E-state index contributed by atoms with van der Waals surface area (Å²) in [5.41, 5.74) is 0.309. The number of hydrogen-bond donors (Lipinski definition) is 1. The molecule has 0 bridgehead atoms. The fourth-order valence-corrected chi connectivity index (χ4v) is 9.67. The normalized spacial score (nSPS) is 54.0. The number of aliphatic hydroxyl groups excluding tert-OH is 1. The van der Waals surface area contributed by atoms with Crippen LogP contribution in [-0.2, 0) is 18.9 Å². The zero-order valence-corrected chi connectivity index (χ0v) is 19.0. The molecule has 4 aliphatic carbocycles. The first-order valence-corrected chi connectivity index (χ1v) is 12.5. The second kappa shape index (κ2) is 6.66. The van der Waals surface area contributed by atoms with Gasteiger partial charge in [-0.3, -0.25) is 0 Å². The highest BCUT2D eigenvalue weighted by molar-refractivity contribution is 5.14. The Kier molecular flexibility index (Phi) is 4.53. The van der Waals surface area contributed by atoms with Crippen LogP contribution >= 0.6 is 0 Å². The third-order valence-corrected chi connectivity index (χ3v) is 10.9. The first kappa shape index (κ1) is 20.4. The van der Waals surface area contributed by atoms with Crippen molar-refractivity contribution < 1.29 is 24.1 Å². The van der Waals surface area contributed by atoms with Crippen LogP contribution in [0.5, 0.6) is 0 Å². The van der Waals surface area contributed by atoms with Crippen molar-refractivity contribution in [3.05, 3.63) is 0 Å². The molecule has 1 N–H and O–H groups in total. The summed E-state index contributed by atoms with van der Waals surface area (Å²) in [6, 6.07) is 0. The first-order valence-electron chi connectivity index (χ1n) is 12.5. The molecule has 4 saturated carbocycles. The highest BCUT2D eigenvalue weighted by Crippen LogP contribution is 2.69. The Morgan fingerprint density at radius 2 is 1.43 bits per heavy atom. The minimum atomic E-state index is -0.467. The van der Waals surface area contributed by atoms with Crippen LogP contribution in [0, 0.1) is 40.4 Å². The van der Waals surface area contributed by atoms with E-state index in [-0.39, 0.29) is 22.7 Å². The Bertz CT molecular complexity index is 683. The molecule has 170 valence electrons. The zero-order valence-electron chi connectivity index (χ0n) is 19.0. The molecular weight excluding hydrogens is 380 g/mol. The summed E-state index contributed by atoms with van der Waals surface area (Å²) in [4.78, 5) is 0. The van der Waals surface area contributed by atoms with Gasteiger partial charge in [0.2, 0.25) is 0 Å². The molecule has 6 aliphatic rings. The van der Waals surface area contributed by atoms with E-state index in [2.05, 4.69) is 20.8 Å². The van der Waals surface area contributed by atoms with E-state index >= 15 is 0 Å². The van der Waals surface area contributed by atoms with E-state index in [1.165, 1.54) is 25.7 Å². The van der Waals surface area contributed by atoms with Gasteiger partial charge in [-0.15, -0.1) is 0 Å². The van der Waals surface area contributed by atoms with E-state index < -0.39 is 5.79 Å². The van der Waals surface area contributed by atoms with Crippen LogP contribution < -0.4 is 0 Å². The highest BCUT2D eigenvalue weighted by atomic mass is 16.7. The van der Waals surface area contributed by atoms with E-state index in [0.717, 1.165) is 38.9 Å². The fourth-order valence-electron chi connectivity index (χ4n) is 9.67. The molecule has 0 radical (unpaired) electrons. The maximum absolute atomic E-state index is 11.7. The summed E-state index contributed by atoms with van der Waals surface area (Å²) in [5, 5.41) is 11.7. The zero-order chi connectivity index (χ0) is 20.8. The van der Waals surface area contributed by atoms with Crippen molar-refractivity contribution >= 4 is 0 Å². The average molecular weight is 421 g/mol. The van der Waals surface area contributed by atoms with E-state index in [0.29, 0.717) is 42.8 Å². The molecule has 6 fully saturated rings. The third-order valence-electron chi connectivity index (χ3n) is 10.9. The van der Waals surface area contributed by atoms with Crippen LogP contribution in [0.2, 0.25) is 0 Å². The van der Waals surface area contributed by atoms with Crippen molar-refractivity contribution in [3.8, 4) is 0 Å². The summed E-state index contributed by atoms with van der Waals surface area (Å²) in [6.07, 6.45) is 8.70. The van der Waals surface area contributed by atoms with Gasteiger partial charge in [0.1, 0.15) is 0 Å². The van der Waals surface area contributed by atoms with Gasteiger partial charge in [-0.05, 0) is 80.0 Å². The molecule has 0 aromatic rings. The maximum Gasteiger partial charge on any atom is 0.169 e. The van der Waals surface area contributed by atoms with Gasteiger partial charge in [-0.1, -0.05) is 13.8 Å². The number of ether oxygens (including phenoxy) is 4. The predicted molar refractivity (Wildman–Crippen MR) is 112 cm³/mol. The summed E-state index contributed by atoms with van der Waals surface area (Å²) >= 11 is 0. The molecule has 1 spiro atoms. The molecule has 0 unspecified atom stereocenters. The molecule has 2 heterocycles. The van der Waals surface area contributed by atoms with Crippen LogP contribution in [0.15, 0.2) is 0 Å². The molecule has 0 aromatic carbocycles. The number of rotatable bonds is 1. The Morgan fingerprint density at radius 3 is 2.17 bits per heavy atom. The lowest BCUT2D eigenvalue weighted by molar-refractivity contribution is -0.254.